The second-order valence-corrected chi connectivity index (χ2v) is 9.52. The summed E-state index contributed by atoms with van der Waals surface area (Å²) in [5.41, 5.74) is 3.17. The van der Waals surface area contributed by atoms with E-state index in [0.717, 1.165) is 16.2 Å². The maximum absolute atomic E-state index is 13.6. The molecule has 33 heavy (non-hydrogen) atoms. The van der Waals surface area contributed by atoms with Crippen molar-refractivity contribution in [3.05, 3.63) is 95.8 Å². The first-order chi connectivity index (χ1) is 15.8. The normalized spacial score (nSPS) is 22.7. The number of halogens is 1. The van der Waals surface area contributed by atoms with Crippen molar-refractivity contribution in [1.82, 2.24) is 0 Å². The second-order valence-electron chi connectivity index (χ2n) is 9.52. The number of hydroxylamine groups is 1. The van der Waals surface area contributed by atoms with E-state index in [1.807, 2.05) is 42.5 Å². The van der Waals surface area contributed by atoms with E-state index in [9.17, 15) is 14.0 Å². The molecular weight excluding hydrogens is 419 g/mol. The summed E-state index contributed by atoms with van der Waals surface area (Å²) in [6.07, 6.45) is -0.949. The van der Waals surface area contributed by atoms with Crippen LogP contribution in [0.2, 0.25) is 0 Å². The first-order valence-corrected chi connectivity index (χ1v) is 11.0. The minimum atomic E-state index is -0.949. The van der Waals surface area contributed by atoms with Crippen molar-refractivity contribution >= 4 is 23.2 Å². The lowest BCUT2D eigenvalue weighted by Crippen LogP contribution is -2.37. The summed E-state index contributed by atoms with van der Waals surface area (Å²) in [6.45, 7) is 6.44. The van der Waals surface area contributed by atoms with Gasteiger partial charge >= 0.3 is 0 Å². The van der Waals surface area contributed by atoms with Crippen molar-refractivity contribution in [1.29, 1.82) is 0 Å². The number of imide groups is 1. The largest absolute Gasteiger partial charge is 0.273 e. The van der Waals surface area contributed by atoms with Crippen LogP contribution < -0.4 is 9.96 Å². The highest BCUT2D eigenvalue weighted by atomic mass is 19.1. The molecule has 0 aliphatic carbocycles. The van der Waals surface area contributed by atoms with Crippen molar-refractivity contribution in [2.75, 3.05) is 9.96 Å². The zero-order chi connectivity index (χ0) is 23.3. The lowest BCUT2D eigenvalue weighted by atomic mass is 9.84. The molecule has 0 N–H and O–H groups in total. The number of benzene rings is 3. The molecule has 3 atom stereocenters. The van der Waals surface area contributed by atoms with E-state index in [4.69, 9.17) is 4.84 Å². The Bertz CT molecular complexity index is 1190. The molecule has 2 aliphatic rings. The number of nitrogens with zero attached hydrogens (tertiary/aromatic N) is 2. The Morgan fingerprint density at radius 1 is 0.788 bits per heavy atom. The van der Waals surface area contributed by atoms with E-state index in [-0.39, 0.29) is 11.3 Å². The Morgan fingerprint density at radius 2 is 1.42 bits per heavy atom. The van der Waals surface area contributed by atoms with Crippen molar-refractivity contribution < 1.29 is 18.8 Å². The second kappa shape index (κ2) is 7.81. The predicted octanol–water partition coefficient (Wildman–Crippen LogP) is 5.17. The van der Waals surface area contributed by atoms with E-state index < -0.39 is 29.8 Å². The van der Waals surface area contributed by atoms with Gasteiger partial charge in [0.25, 0.3) is 5.91 Å². The molecule has 0 saturated carbocycles. The molecule has 0 unspecified atom stereocenters. The average molecular weight is 445 g/mol. The van der Waals surface area contributed by atoms with Gasteiger partial charge in [0.05, 0.1) is 17.4 Å². The number of anilines is 2. The molecule has 3 aromatic carbocycles. The van der Waals surface area contributed by atoms with Gasteiger partial charge in [-0.3, -0.25) is 14.4 Å². The summed E-state index contributed by atoms with van der Waals surface area (Å²) in [5.74, 6) is -1.93. The van der Waals surface area contributed by atoms with Crippen LogP contribution in [0, 0.1) is 11.7 Å². The summed E-state index contributed by atoms with van der Waals surface area (Å²) in [4.78, 5) is 34.1. The monoisotopic (exact) mass is 444 g/mol. The molecule has 0 bridgehead atoms. The number of fused-ring (bicyclic) bond motifs is 1. The molecule has 5 nitrogen and oxygen atoms in total. The van der Waals surface area contributed by atoms with Crippen LogP contribution in [-0.2, 0) is 19.8 Å². The van der Waals surface area contributed by atoms with Crippen LogP contribution in [0.5, 0.6) is 0 Å². The first kappa shape index (κ1) is 21.3. The number of carbonyl (C=O) groups excluding carboxylic acids is 2. The van der Waals surface area contributed by atoms with Gasteiger partial charge in [-0.15, -0.1) is 0 Å². The molecule has 0 radical (unpaired) electrons. The maximum atomic E-state index is 13.6. The van der Waals surface area contributed by atoms with Crippen molar-refractivity contribution in [3.63, 3.8) is 0 Å². The summed E-state index contributed by atoms with van der Waals surface area (Å²) < 4.78 is 13.4. The highest BCUT2D eigenvalue weighted by Crippen LogP contribution is 2.47. The fourth-order valence-corrected chi connectivity index (χ4v) is 4.58. The van der Waals surface area contributed by atoms with Crippen LogP contribution in [0.25, 0.3) is 0 Å². The van der Waals surface area contributed by atoms with Gasteiger partial charge in [-0.1, -0.05) is 63.2 Å². The highest BCUT2D eigenvalue weighted by Gasteiger charge is 2.60. The summed E-state index contributed by atoms with van der Waals surface area (Å²) in [6, 6.07) is 22.5. The van der Waals surface area contributed by atoms with Crippen LogP contribution in [-0.4, -0.2) is 17.9 Å². The topological polar surface area (TPSA) is 49.9 Å². The third-order valence-electron chi connectivity index (χ3n) is 6.33. The van der Waals surface area contributed by atoms with Gasteiger partial charge in [-0.05, 0) is 52.9 Å². The minimum Gasteiger partial charge on any atom is -0.273 e. The molecule has 3 aromatic rings. The van der Waals surface area contributed by atoms with Gasteiger partial charge in [0.15, 0.2) is 6.10 Å². The average Bonchev–Trinajstić information content (AvgIpc) is 3.31. The highest BCUT2D eigenvalue weighted by molar-refractivity contribution is 6.23. The van der Waals surface area contributed by atoms with Gasteiger partial charge in [0.2, 0.25) is 5.91 Å². The summed E-state index contributed by atoms with van der Waals surface area (Å²) >= 11 is 0. The van der Waals surface area contributed by atoms with Gasteiger partial charge in [0.1, 0.15) is 11.7 Å². The predicted molar refractivity (Wildman–Crippen MR) is 124 cm³/mol. The standard InChI is InChI=1S/C27H25FN2O3/c1-27(2,3)18-11-9-17(10-12-18)23-22-24(33-30(23)21-7-5-4-6-8-21)26(32)29(25(22)31)20-15-13-19(28)14-16-20/h4-16,22-24H,1-3H3/t22-,23+,24+/m0/s1. The van der Waals surface area contributed by atoms with E-state index in [1.54, 1.807) is 5.06 Å². The fourth-order valence-electron chi connectivity index (χ4n) is 4.58. The van der Waals surface area contributed by atoms with Crippen molar-refractivity contribution in [3.8, 4) is 0 Å². The Labute approximate surface area is 192 Å². The number of carbonyl (C=O) groups is 2. The van der Waals surface area contributed by atoms with Gasteiger partial charge in [-0.25, -0.2) is 14.4 Å². The third kappa shape index (κ3) is 3.60. The van der Waals surface area contributed by atoms with E-state index in [0.29, 0.717) is 5.69 Å². The Morgan fingerprint density at radius 3 is 2.03 bits per heavy atom. The quantitative estimate of drug-likeness (QED) is 0.523. The molecule has 2 heterocycles. The number of hydrogen-bond acceptors (Lipinski definition) is 4. The van der Waals surface area contributed by atoms with Crippen LogP contribution in [0.15, 0.2) is 78.9 Å². The van der Waals surface area contributed by atoms with E-state index >= 15 is 0 Å². The lowest BCUT2D eigenvalue weighted by Gasteiger charge is -2.29. The fraction of sp³-hybridized carbons (Fsp3) is 0.259. The van der Waals surface area contributed by atoms with Crippen LogP contribution in [0.3, 0.4) is 0 Å². The van der Waals surface area contributed by atoms with Gasteiger partial charge in [-0.2, -0.15) is 0 Å². The number of amides is 2. The Balaban J connectivity index is 1.57. The first-order valence-electron chi connectivity index (χ1n) is 11.0. The zero-order valence-electron chi connectivity index (χ0n) is 18.7. The molecule has 2 amide bonds. The molecular formula is C27H25FN2O3. The zero-order valence-corrected chi connectivity index (χ0v) is 18.7. The van der Waals surface area contributed by atoms with Crippen LogP contribution in [0.4, 0.5) is 15.8 Å². The van der Waals surface area contributed by atoms with Gasteiger partial charge < -0.3 is 0 Å². The molecule has 0 spiro atoms. The van der Waals surface area contributed by atoms with Crippen molar-refractivity contribution in [2.24, 2.45) is 5.92 Å². The molecule has 6 heteroatoms. The number of para-hydroxylation sites is 1. The Hall–Kier alpha value is -3.51. The summed E-state index contributed by atoms with van der Waals surface area (Å²) in [5, 5.41) is 1.68. The Kier molecular flexibility index (Phi) is 5.05. The minimum absolute atomic E-state index is 0.00904. The van der Waals surface area contributed by atoms with Crippen LogP contribution in [0.1, 0.15) is 37.9 Å². The molecule has 2 saturated heterocycles. The molecule has 2 fully saturated rings. The summed E-state index contributed by atoms with van der Waals surface area (Å²) in [7, 11) is 0. The van der Waals surface area contributed by atoms with E-state index in [1.165, 1.54) is 29.8 Å². The molecule has 168 valence electrons. The van der Waals surface area contributed by atoms with Gasteiger partial charge in [0, 0.05) is 0 Å². The lowest BCUT2D eigenvalue weighted by molar-refractivity contribution is -0.126. The van der Waals surface area contributed by atoms with E-state index in [2.05, 4.69) is 32.9 Å². The maximum Gasteiger partial charge on any atom is 0.266 e. The van der Waals surface area contributed by atoms with Crippen molar-refractivity contribution in [2.45, 2.75) is 38.3 Å². The number of rotatable bonds is 3. The van der Waals surface area contributed by atoms with Crippen LogP contribution >= 0.6 is 0 Å². The molecule has 0 aromatic heterocycles. The molecule has 5 rings (SSSR count). The molecule has 2 aliphatic heterocycles. The number of hydrogen-bond donors (Lipinski definition) is 0. The smallest absolute Gasteiger partial charge is 0.266 e. The SMILES string of the molecule is CC(C)(C)c1ccc([C@@H]2[C@@H]3C(=O)N(c4ccc(F)cc4)C(=O)[C@@H]3ON2c2ccccc2)cc1. The third-order valence-corrected chi connectivity index (χ3v) is 6.33.